The summed E-state index contributed by atoms with van der Waals surface area (Å²) in [7, 11) is -3.71. The molecule has 1 N–H and O–H groups in total. The van der Waals surface area contributed by atoms with Gasteiger partial charge in [0, 0.05) is 18.6 Å². The molecule has 0 spiro atoms. The Hall–Kier alpha value is -2.71. The molecule has 0 heterocycles. The Bertz CT molecular complexity index is 1030. The summed E-state index contributed by atoms with van der Waals surface area (Å²) in [4.78, 5) is 27.1. The van der Waals surface area contributed by atoms with Gasteiger partial charge in [-0.25, -0.2) is 17.9 Å². The van der Waals surface area contributed by atoms with E-state index in [1.165, 1.54) is 12.1 Å². The van der Waals surface area contributed by atoms with Crippen molar-refractivity contribution in [1.82, 2.24) is 9.62 Å². The Morgan fingerprint density at radius 3 is 2.29 bits per heavy atom. The van der Waals surface area contributed by atoms with Gasteiger partial charge in [0.1, 0.15) is 0 Å². The first-order valence-corrected chi connectivity index (χ1v) is 11.6. The van der Waals surface area contributed by atoms with Gasteiger partial charge in [0.05, 0.1) is 10.5 Å². The molecule has 0 fully saturated rings. The zero-order valence-electron chi connectivity index (χ0n) is 18.6. The third kappa shape index (κ3) is 6.63. The van der Waals surface area contributed by atoms with Crippen molar-refractivity contribution in [2.75, 3.05) is 13.2 Å². The van der Waals surface area contributed by atoms with Crippen molar-refractivity contribution in [3.8, 4) is 0 Å². The summed E-state index contributed by atoms with van der Waals surface area (Å²) in [5, 5.41) is 0. The van der Waals surface area contributed by atoms with Crippen LogP contribution in [0.25, 0.3) is 0 Å². The molecule has 0 unspecified atom stereocenters. The van der Waals surface area contributed by atoms with E-state index in [0.717, 1.165) is 5.56 Å². The maximum absolute atomic E-state index is 12.9. The molecule has 0 aliphatic carbocycles. The zero-order valence-corrected chi connectivity index (χ0v) is 19.5. The molecule has 0 radical (unpaired) electrons. The Morgan fingerprint density at radius 2 is 1.71 bits per heavy atom. The minimum atomic E-state index is -3.71. The van der Waals surface area contributed by atoms with Crippen molar-refractivity contribution < 1.29 is 22.7 Å². The monoisotopic (exact) mass is 446 g/mol. The lowest BCUT2D eigenvalue weighted by molar-refractivity contribution is -0.140. The van der Waals surface area contributed by atoms with E-state index in [0.29, 0.717) is 12.1 Å². The van der Waals surface area contributed by atoms with Crippen molar-refractivity contribution in [2.24, 2.45) is 0 Å². The molecule has 0 bridgehead atoms. The van der Waals surface area contributed by atoms with Gasteiger partial charge in [0.2, 0.25) is 10.0 Å². The van der Waals surface area contributed by atoms with Gasteiger partial charge in [-0.05, 0) is 51.0 Å². The number of hydrogen-bond donors (Lipinski definition) is 1. The molecule has 168 valence electrons. The molecule has 31 heavy (non-hydrogen) atoms. The van der Waals surface area contributed by atoms with Crippen molar-refractivity contribution in [3.05, 3.63) is 65.2 Å². The van der Waals surface area contributed by atoms with Gasteiger partial charge >= 0.3 is 5.97 Å². The van der Waals surface area contributed by atoms with E-state index in [4.69, 9.17) is 4.74 Å². The fraction of sp³-hybridized carbons (Fsp3) is 0.391. The van der Waals surface area contributed by atoms with Crippen LogP contribution in [0.3, 0.4) is 0 Å². The maximum Gasteiger partial charge on any atom is 0.338 e. The van der Waals surface area contributed by atoms with Crippen LogP contribution < -0.4 is 4.72 Å². The van der Waals surface area contributed by atoms with E-state index in [9.17, 15) is 18.0 Å². The lowest BCUT2D eigenvalue weighted by Gasteiger charge is -2.35. The van der Waals surface area contributed by atoms with Crippen LogP contribution in [-0.2, 0) is 26.1 Å². The molecule has 0 atom stereocenters. The lowest BCUT2D eigenvalue weighted by atomic mass is 10.0. The number of hydrogen-bond acceptors (Lipinski definition) is 5. The highest BCUT2D eigenvalue weighted by molar-refractivity contribution is 7.89. The summed E-state index contributed by atoms with van der Waals surface area (Å²) < 4.78 is 32.1. The predicted octanol–water partition coefficient (Wildman–Crippen LogP) is 3.28. The highest BCUT2D eigenvalue weighted by Crippen LogP contribution is 2.19. The topological polar surface area (TPSA) is 92.8 Å². The number of rotatable bonds is 8. The highest BCUT2D eigenvalue weighted by Gasteiger charge is 2.28. The molecule has 2 aromatic rings. The molecule has 0 aromatic heterocycles. The van der Waals surface area contributed by atoms with Crippen LogP contribution >= 0.6 is 0 Å². The number of aryl methyl sites for hydroxylation is 1. The van der Waals surface area contributed by atoms with Gasteiger partial charge in [-0.1, -0.05) is 43.3 Å². The smallest absolute Gasteiger partial charge is 0.338 e. The summed E-state index contributed by atoms with van der Waals surface area (Å²) in [6.45, 7) is 9.26. The first-order valence-electron chi connectivity index (χ1n) is 10.1. The van der Waals surface area contributed by atoms with E-state index < -0.39 is 28.1 Å². The Morgan fingerprint density at radius 1 is 1.06 bits per heavy atom. The molecule has 2 aromatic carbocycles. The number of nitrogens with one attached hydrogen (secondary N) is 1. The van der Waals surface area contributed by atoms with Gasteiger partial charge < -0.3 is 9.64 Å². The minimum absolute atomic E-state index is 0.0291. The molecular formula is C23H30N2O5S. The van der Waals surface area contributed by atoms with E-state index in [1.54, 1.807) is 24.8 Å². The van der Waals surface area contributed by atoms with E-state index in [-0.39, 0.29) is 22.9 Å². The van der Waals surface area contributed by atoms with Crippen molar-refractivity contribution in [3.63, 3.8) is 0 Å². The van der Waals surface area contributed by atoms with Gasteiger partial charge in [0.15, 0.2) is 6.61 Å². The number of benzene rings is 2. The normalized spacial score (nSPS) is 11.8. The molecule has 7 nitrogen and oxygen atoms in total. The molecule has 0 aliphatic heterocycles. The number of amides is 1. The van der Waals surface area contributed by atoms with Gasteiger partial charge in [-0.3, -0.25) is 4.79 Å². The second-order valence-corrected chi connectivity index (χ2v) is 9.96. The van der Waals surface area contributed by atoms with E-state index in [1.807, 2.05) is 51.1 Å². The quantitative estimate of drug-likeness (QED) is 0.628. The number of ether oxygens (including phenoxy) is 1. The fourth-order valence-electron chi connectivity index (χ4n) is 3.01. The average Bonchev–Trinajstić information content (AvgIpc) is 2.70. The van der Waals surface area contributed by atoms with E-state index >= 15 is 0 Å². The fourth-order valence-corrected chi connectivity index (χ4v) is 4.08. The highest BCUT2D eigenvalue weighted by atomic mass is 32.2. The molecule has 0 aliphatic rings. The van der Waals surface area contributed by atoms with Crippen LogP contribution in [-0.4, -0.2) is 43.9 Å². The number of carbonyl (C=O) groups excluding carboxylic acids is 2. The van der Waals surface area contributed by atoms with Crippen LogP contribution in [0.4, 0.5) is 0 Å². The van der Waals surface area contributed by atoms with Gasteiger partial charge in [-0.15, -0.1) is 0 Å². The maximum atomic E-state index is 12.9. The van der Waals surface area contributed by atoms with Gasteiger partial charge in [-0.2, -0.15) is 0 Å². The number of nitrogens with zero attached hydrogens (tertiary/aromatic N) is 1. The molecular weight excluding hydrogens is 416 g/mol. The van der Waals surface area contributed by atoms with E-state index in [2.05, 4.69) is 4.72 Å². The molecule has 0 saturated carbocycles. The predicted molar refractivity (Wildman–Crippen MR) is 119 cm³/mol. The summed E-state index contributed by atoms with van der Waals surface area (Å²) in [5.74, 6) is -1.08. The first kappa shape index (κ1) is 24.6. The van der Waals surface area contributed by atoms with Crippen molar-refractivity contribution in [2.45, 2.75) is 51.6 Å². The Balaban J connectivity index is 2.15. The Kier molecular flexibility index (Phi) is 7.97. The first-order chi connectivity index (χ1) is 14.5. The van der Waals surface area contributed by atoms with Crippen molar-refractivity contribution in [1.29, 1.82) is 0 Å². The largest absolute Gasteiger partial charge is 0.452 e. The lowest BCUT2D eigenvalue weighted by Crippen LogP contribution is -2.46. The number of carbonyl (C=O) groups is 2. The van der Waals surface area contributed by atoms with Crippen molar-refractivity contribution >= 4 is 21.9 Å². The summed E-state index contributed by atoms with van der Waals surface area (Å²) in [6.07, 6.45) is 0. The molecule has 0 saturated heterocycles. The summed E-state index contributed by atoms with van der Waals surface area (Å²) in [5.41, 5.74) is 1.16. The van der Waals surface area contributed by atoms with Crippen LogP contribution in [0.5, 0.6) is 0 Å². The van der Waals surface area contributed by atoms with Crippen LogP contribution in [0, 0.1) is 6.92 Å². The second-order valence-electron chi connectivity index (χ2n) is 8.19. The SMILES string of the molecule is CCNS(=O)(=O)c1ccc(C)c(C(=O)OCC(=O)N(Cc2ccccc2)C(C)(C)C)c1. The second kappa shape index (κ2) is 10.1. The molecule has 2 rings (SSSR count). The minimum Gasteiger partial charge on any atom is -0.452 e. The third-order valence-electron chi connectivity index (χ3n) is 4.69. The summed E-state index contributed by atoms with van der Waals surface area (Å²) >= 11 is 0. The average molecular weight is 447 g/mol. The number of esters is 1. The Labute approximate surface area is 184 Å². The number of sulfonamides is 1. The zero-order chi connectivity index (χ0) is 23.2. The third-order valence-corrected chi connectivity index (χ3v) is 6.24. The molecule has 8 heteroatoms. The van der Waals surface area contributed by atoms with Gasteiger partial charge in [0.25, 0.3) is 5.91 Å². The van der Waals surface area contributed by atoms with Crippen LogP contribution in [0.15, 0.2) is 53.4 Å². The molecule has 1 amide bonds. The van der Waals surface area contributed by atoms with Crippen LogP contribution in [0.1, 0.15) is 49.2 Å². The van der Waals surface area contributed by atoms with Crippen LogP contribution in [0.2, 0.25) is 0 Å². The summed E-state index contributed by atoms with van der Waals surface area (Å²) in [6, 6.07) is 13.8. The standard InChI is InChI=1S/C23H30N2O5S/c1-6-24-31(28,29)19-13-12-17(2)20(14-19)22(27)30-16-21(26)25(23(3,4)5)15-18-10-8-7-9-11-18/h7-14,24H,6,15-16H2,1-5H3.